The molecule has 1 atom stereocenters. The largest absolute Gasteiger partial charge is 0.384 e. The van der Waals surface area contributed by atoms with Crippen molar-refractivity contribution in [1.29, 1.82) is 0 Å². The number of likely N-dealkylation sites (tertiary alicyclic amines) is 1. The zero-order chi connectivity index (χ0) is 13.5. The van der Waals surface area contributed by atoms with Crippen molar-refractivity contribution in [3.05, 3.63) is 30.3 Å². The minimum atomic E-state index is 0.549. The number of nitrogens with one attached hydrogen (secondary N) is 1. The first-order chi connectivity index (χ1) is 9.33. The number of aliphatic imine (C=N–C) groups is 1. The van der Waals surface area contributed by atoms with Gasteiger partial charge in [0.15, 0.2) is 0 Å². The van der Waals surface area contributed by atoms with E-state index < -0.39 is 0 Å². The summed E-state index contributed by atoms with van der Waals surface area (Å²) >= 11 is 0. The molecule has 5 heteroatoms. The van der Waals surface area contributed by atoms with E-state index in [9.17, 15) is 0 Å². The van der Waals surface area contributed by atoms with Gasteiger partial charge in [-0.3, -0.25) is 5.43 Å². The predicted molar refractivity (Wildman–Crippen MR) is 77.0 cm³/mol. The summed E-state index contributed by atoms with van der Waals surface area (Å²) in [6.45, 7) is 2.71. The minimum absolute atomic E-state index is 0.549. The fourth-order valence-electron chi connectivity index (χ4n) is 2.45. The van der Waals surface area contributed by atoms with Crippen LogP contribution in [0.15, 0.2) is 35.3 Å². The SMILES string of the molecule is COCC1CCCN(C(=Nc2ccccc2)NN)C1. The zero-order valence-corrected chi connectivity index (χ0v) is 11.4. The van der Waals surface area contributed by atoms with Crippen molar-refractivity contribution in [2.75, 3.05) is 26.8 Å². The lowest BCUT2D eigenvalue weighted by Gasteiger charge is -2.34. The molecule has 0 saturated carbocycles. The van der Waals surface area contributed by atoms with E-state index in [0.29, 0.717) is 5.92 Å². The molecule has 5 nitrogen and oxygen atoms in total. The topological polar surface area (TPSA) is 62.9 Å². The van der Waals surface area contributed by atoms with Crippen LogP contribution in [0.5, 0.6) is 0 Å². The van der Waals surface area contributed by atoms with Gasteiger partial charge in [-0.2, -0.15) is 0 Å². The maximum atomic E-state index is 5.62. The van der Waals surface area contributed by atoms with Gasteiger partial charge >= 0.3 is 0 Å². The number of benzene rings is 1. The van der Waals surface area contributed by atoms with Crippen LogP contribution in [0.3, 0.4) is 0 Å². The van der Waals surface area contributed by atoms with Gasteiger partial charge in [-0.1, -0.05) is 18.2 Å². The molecular formula is C14H22N4O. The van der Waals surface area contributed by atoms with Gasteiger partial charge in [0.2, 0.25) is 5.96 Å². The molecule has 0 aliphatic carbocycles. The van der Waals surface area contributed by atoms with E-state index >= 15 is 0 Å². The number of nitrogens with two attached hydrogens (primary N) is 1. The molecule has 1 saturated heterocycles. The van der Waals surface area contributed by atoms with E-state index in [1.165, 1.54) is 6.42 Å². The molecule has 0 bridgehead atoms. The first kappa shape index (κ1) is 13.8. The standard InChI is InChI=1S/C14H22N4O/c1-19-11-12-6-5-9-18(10-12)14(17-15)16-13-7-3-2-4-8-13/h2-4,7-8,12H,5-6,9-11,15H2,1H3,(H,16,17). The molecule has 1 heterocycles. The maximum Gasteiger partial charge on any atom is 0.213 e. The van der Waals surface area contributed by atoms with E-state index in [4.69, 9.17) is 10.6 Å². The van der Waals surface area contributed by atoms with Gasteiger partial charge in [0.1, 0.15) is 0 Å². The lowest BCUT2D eigenvalue weighted by Crippen LogP contribution is -2.49. The van der Waals surface area contributed by atoms with Crippen LogP contribution in [0.2, 0.25) is 0 Å². The number of nitrogens with zero attached hydrogens (tertiary/aromatic N) is 2. The Morgan fingerprint density at radius 2 is 2.26 bits per heavy atom. The Balaban J connectivity index is 2.06. The number of hydrogen-bond acceptors (Lipinski definition) is 3. The molecule has 1 unspecified atom stereocenters. The van der Waals surface area contributed by atoms with Gasteiger partial charge in [-0.15, -0.1) is 0 Å². The third kappa shape index (κ3) is 3.94. The highest BCUT2D eigenvalue weighted by Gasteiger charge is 2.22. The number of guanidine groups is 1. The highest BCUT2D eigenvalue weighted by Crippen LogP contribution is 2.18. The van der Waals surface area contributed by atoms with E-state index in [-0.39, 0.29) is 0 Å². The Morgan fingerprint density at radius 1 is 1.47 bits per heavy atom. The van der Waals surface area contributed by atoms with Crippen molar-refractivity contribution >= 4 is 11.6 Å². The number of rotatable bonds is 3. The summed E-state index contributed by atoms with van der Waals surface area (Å²) < 4.78 is 5.24. The number of hydrogen-bond donors (Lipinski definition) is 2. The Morgan fingerprint density at radius 3 is 2.95 bits per heavy atom. The fourth-order valence-corrected chi connectivity index (χ4v) is 2.45. The third-order valence-electron chi connectivity index (χ3n) is 3.34. The molecular weight excluding hydrogens is 240 g/mol. The molecule has 0 aromatic heterocycles. The average molecular weight is 262 g/mol. The molecule has 1 aromatic carbocycles. The summed E-state index contributed by atoms with van der Waals surface area (Å²) in [6.07, 6.45) is 2.34. The van der Waals surface area contributed by atoms with E-state index in [0.717, 1.165) is 37.8 Å². The van der Waals surface area contributed by atoms with Crippen molar-refractivity contribution in [3.8, 4) is 0 Å². The van der Waals surface area contributed by atoms with Crippen LogP contribution in [0.4, 0.5) is 5.69 Å². The van der Waals surface area contributed by atoms with E-state index in [2.05, 4.69) is 15.3 Å². The van der Waals surface area contributed by atoms with Crippen molar-refractivity contribution in [2.24, 2.45) is 16.8 Å². The number of hydrazine groups is 1. The highest BCUT2D eigenvalue weighted by molar-refractivity contribution is 5.82. The molecule has 0 radical (unpaired) electrons. The number of para-hydroxylation sites is 1. The molecule has 1 aliphatic rings. The van der Waals surface area contributed by atoms with Crippen molar-refractivity contribution in [1.82, 2.24) is 10.3 Å². The second-order valence-electron chi connectivity index (χ2n) is 4.82. The average Bonchev–Trinajstić information content (AvgIpc) is 2.46. The van der Waals surface area contributed by atoms with Crippen LogP contribution in [0.25, 0.3) is 0 Å². The molecule has 3 N–H and O–H groups in total. The van der Waals surface area contributed by atoms with Gasteiger partial charge < -0.3 is 9.64 Å². The molecule has 0 spiro atoms. The molecule has 19 heavy (non-hydrogen) atoms. The monoisotopic (exact) mass is 262 g/mol. The van der Waals surface area contributed by atoms with Gasteiger partial charge in [-0.05, 0) is 30.9 Å². The Kier molecular flexibility index (Phi) is 5.18. The van der Waals surface area contributed by atoms with Gasteiger partial charge in [0.25, 0.3) is 0 Å². The number of methoxy groups -OCH3 is 1. The summed E-state index contributed by atoms with van der Waals surface area (Å²) in [6, 6.07) is 9.85. The number of ether oxygens (including phenoxy) is 1. The molecule has 0 amide bonds. The van der Waals surface area contributed by atoms with Crippen molar-refractivity contribution < 1.29 is 4.74 Å². The van der Waals surface area contributed by atoms with Crippen LogP contribution >= 0.6 is 0 Å². The summed E-state index contributed by atoms with van der Waals surface area (Å²) in [5.41, 5.74) is 3.62. The molecule has 104 valence electrons. The van der Waals surface area contributed by atoms with Crippen LogP contribution in [0.1, 0.15) is 12.8 Å². The highest BCUT2D eigenvalue weighted by atomic mass is 16.5. The summed E-state index contributed by atoms with van der Waals surface area (Å²) in [7, 11) is 1.75. The second kappa shape index (κ2) is 7.11. The van der Waals surface area contributed by atoms with Crippen LogP contribution in [0, 0.1) is 5.92 Å². The Bertz CT molecular complexity index is 405. The van der Waals surface area contributed by atoms with E-state index in [1.54, 1.807) is 7.11 Å². The fraction of sp³-hybridized carbons (Fsp3) is 0.500. The first-order valence-electron chi connectivity index (χ1n) is 6.67. The molecule has 2 rings (SSSR count). The summed E-state index contributed by atoms with van der Waals surface area (Å²) in [5.74, 6) is 6.89. The zero-order valence-electron chi connectivity index (χ0n) is 11.4. The summed E-state index contributed by atoms with van der Waals surface area (Å²) in [5, 5.41) is 0. The Labute approximate surface area is 114 Å². The minimum Gasteiger partial charge on any atom is -0.384 e. The first-order valence-corrected chi connectivity index (χ1v) is 6.67. The van der Waals surface area contributed by atoms with Gasteiger partial charge in [-0.25, -0.2) is 10.8 Å². The van der Waals surface area contributed by atoms with Crippen molar-refractivity contribution in [2.45, 2.75) is 12.8 Å². The molecule has 1 aliphatic heterocycles. The lowest BCUT2D eigenvalue weighted by molar-refractivity contribution is 0.114. The predicted octanol–water partition coefficient (Wildman–Crippen LogP) is 1.50. The third-order valence-corrected chi connectivity index (χ3v) is 3.34. The quantitative estimate of drug-likeness (QED) is 0.375. The molecule has 1 aromatic rings. The van der Waals surface area contributed by atoms with Crippen LogP contribution in [-0.2, 0) is 4.74 Å². The number of piperidine rings is 1. The van der Waals surface area contributed by atoms with E-state index in [1.807, 2.05) is 30.3 Å². The van der Waals surface area contributed by atoms with Gasteiger partial charge in [0, 0.05) is 20.2 Å². The lowest BCUT2D eigenvalue weighted by atomic mass is 9.99. The van der Waals surface area contributed by atoms with Crippen molar-refractivity contribution in [3.63, 3.8) is 0 Å². The van der Waals surface area contributed by atoms with Gasteiger partial charge in [0.05, 0.1) is 12.3 Å². The normalized spacial score (nSPS) is 20.4. The Hall–Kier alpha value is -1.59. The van der Waals surface area contributed by atoms with Crippen LogP contribution < -0.4 is 11.3 Å². The summed E-state index contributed by atoms with van der Waals surface area (Å²) in [4.78, 5) is 6.76. The maximum absolute atomic E-state index is 5.62. The van der Waals surface area contributed by atoms with Crippen LogP contribution in [-0.4, -0.2) is 37.7 Å². The molecule has 1 fully saturated rings. The smallest absolute Gasteiger partial charge is 0.213 e. The second-order valence-corrected chi connectivity index (χ2v) is 4.82.